The number of nitrogens with zero attached hydrogens (tertiary/aromatic N) is 2. The first-order valence-corrected chi connectivity index (χ1v) is 14.0. The summed E-state index contributed by atoms with van der Waals surface area (Å²) in [5, 5.41) is 8.48. The smallest absolute Gasteiger partial charge is 0.206 e. The highest BCUT2D eigenvalue weighted by Crippen LogP contribution is 2.24. The lowest BCUT2D eigenvalue weighted by Gasteiger charge is -2.08. The summed E-state index contributed by atoms with van der Waals surface area (Å²) >= 11 is 0. The van der Waals surface area contributed by atoms with Gasteiger partial charge in [0.05, 0.1) is 46.8 Å². The summed E-state index contributed by atoms with van der Waals surface area (Å²) in [6, 6.07) is 28.1. The van der Waals surface area contributed by atoms with E-state index in [2.05, 4.69) is 21.1 Å². The van der Waals surface area contributed by atoms with Gasteiger partial charge in [0.1, 0.15) is 11.5 Å². The number of benzene rings is 4. The van der Waals surface area contributed by atoms with Crippen LogP contribution in [0, 0.1) is 0 Å². The van der Waals surface area contributed by atoms with Gasteiger partial charge in [-0.25, -0.2) is 8.42 Å². The van der Waals surface area contributed by atoms with E-state index in [4.69, 9.17) is 9.47 Å². The fraction of sp³-hybridized carbons (Fsp3) is 0.133. The molecule has 0 bridgehead atoms. The van der Waals surface area contributed by atoms with Crippen LogP contribution in [0.4, 0.5) is 11.4 Å². The highest BCUT2D eigenvalue weighted by Gasteiger charge is 2.17. The highest BCUT2D eigenvalue weighted by atomic mass is 32.2. The van der Waals surface area contributed by atoms with Crippen molar-refractivity contribution in [2.24, 2.45) is 10.2 Å². The lowest BCUT2D eigenvalue weighted by molar-refractivity contribution is 0.339. The van der Waals surface area contributed by atoms with Crippen molar-refractivity contribution >= 4 is 33.6 Å². The fourth-order valence-corrected chi connectivity index (χ4v) is 4.92. The molecule has 0 saturated carbocycles. The van der Waals surface area contributed by atoms with Crippen LogP contribution in [0.15, 0.2) is 117 Å². The molecule has 0 aliphatic rings. The number of sulfone groups is 1. The minimum absolute atomic E-state index is 0.185. The van der Waals surface area contributed by atoms with Crippen molar-refractivity contribution in [2.75, 3.05) is 24.1 Å². The molecule has 8 nitrogen and oxygen atoms in total. The zero-order chi connectivity index (χ0) is 27.5. The second-order valence-corrected chi connectivity index (χ2v) is 10.2. The summed E-state index contributed by atoms with van der Waals surface area (Å²) in [4.78, 5) is 0.370. The Bertz CT molecular complexity index is 1420. The van der Waals surface area contributed by atoms with E-state index in [1.54, 1.807) is 61.0 Å². The number of rotatable bonds is 12. The number of hydrazone groups is 2. The maximum atomic E-state index is 13.1. The minimum atomic E-state index is -3.69. The number of anilines is 2. The Morgan fingerprint density at radius 3 is 1.38 bits per heavy atom. The van der Waals surface area contributed by atoms with Crippen LogP contribution in [0.1, 0.15) is 25.0 Å². The quantitative estimate of drug-likeness (QED) is 0.163. The average Bonchev–Trinajstić information content (AvgIpc) is 2.96. The van der Waals surface area contributed by atoms with Gasteiger partial charge < -0.3 is 9.47 Å². The summed E-state index contributed by atoms with van der Waals surface area (Å²) in [5.41, 5.74) is 8.83. The largest absolute Gasteiger partial charge is 0.493 e. The molecule has 0 fully saturated rings. The lowest BCUT2D eigenvalue weighted by Crippen LogP contribution is -2.02. The third-order valence-corrected chi connectivity index (χ3v) is 7.35. The highest BCUT2D eigenvalue weighted by molar-refractivity contribution is 7.91. The predicted molar refractivity (Wildman–Crippen MR) is 156 cm³/mol. The number of hydrogen-bond donors (Lipinski definition) is 2. The first kappa shape index (κ1) is 27.4. The van der Waals surface area contributed by atoms with Crippen molar-refractivity contribution in [3.8, 4) is 11.5 Å². The second kappa shape index (κ2) is 13.3. The summed E-state index contributed by atoms with van der Waals surface area (Å²) < 4.78 is 37.4. The molecule has 0 aliphatic heterocycles. The van der Waals surface area contributed by atoms with Gasteiger partial charge in [0.2, 0.25) is 9.84 Å². The van der Waals surface area contributed by atoms with E-state index in [0.29, 0.717) is 24.6 Å². The van der Waals surface area contributed by atoms with E-state index >= 15 is 0 Å². The van der Waals surface area contributed by atoms with Crippen molar-refractivity contribution in [1.82, 2.24) is 0 Å². The van der Waals surface area contributed by atoms with Gasteiger partial charge in [-0.15, -0.1) is 0 Å². The first-order valence-electron chi connectivity index (χ1n) is 12.5. The standard InChI is InChI=1S/C30H30N4O4S/c1-3-37-29-11-7-5-9-23(29)21-31-33-25-13-17-27(18-14-25)39(35,36)28-19-15-26(16-20-28)34-32-22-24-10-6-8-12-30(24)38-4-2/h5-22,33-34H,3-4H2,1-2H3/b31-21+,32-22+. The van der Waals surface area contributed by atoms with Crippen LogP contribution in [-0.2, 0) is 9.84 Å². The van der Waals surface area contributed by atoms with Crippen molar-refractivity contribution < 1.29 is 17.9 Å². The van der Waals surface area contributed by atoms with Crippen LogP contribution < -0.4 is 20.3 Å². The van der Waals surface area contributed by atoms with E-state index in [1.165, 1.54) is 0 Å². The van der Waals surface area contributed by atoms with Gasteiger partial charge in [-0.05, 0) is 86.6 Å². The van der Waals surface area contributed by atoms with Gasteiger partial charge in [-0.2, -0.15) is 10.2 Å². The van der Waals surface area contributed by atoms with Gasteiger partial charge in [0.25, 0.3) is 0 Å². The van der Waals surface area contributed by atoms with E-state index in [1.807, 2.05) is 62.4 Å². The van der Waals surface area contributed by atoms with Gasteiger partial charge in [0.15, 0.2) is 0 Å². The van der Waals surface area contributed by atoms with E-state index in [0.717, 1.165) is 22.6 Å². The molecule has 2 N–H and O–H groups in total. The van der Waals surface area contributed by atoms with Crippen LogP contribution in [0.25, 0.3) is 0 Å². The molecule has 4 aromatic carbocycles. The van der Waals surface area contributed by atoms with Crippen LogP contribution in [0.2, 0.25) is 0 Å². The normalized spacial score (nSPS) is 11.5. The maximum Gasteiger partial charge on any atom is 0.206 e. The van der Waals surface area contributed by atoms with Crippen molar-refractivity contribution in [3.63, 3.8) is 0 Å². The molecule has 0 heterocycles. The van der Waals surface area contributed by atoms with E-state index in [9.17, 15) is 8.42 Å². The van der Waals surface area contributed by atoms with Crippen molar-refractivity contribution in [2.45, 2.75) is 23.6 Å². The number of nitrogens with one attached hydrogen (secondary N) is 2. The second-order valence-electron chi connectivity index (χ2n) is 8.23. The molecule has 0 amide bonds. The summed E-state index contributed by atoms with van der Waals surface area (Å²) in [5.74, 6) is 1.49. The average molecular weight is 543 g/mol. The monoisotopic (exact) mass is 542 g/mol. The zero-order valence-corrected chi connectivity index (χ0v) is 22.6. The Labute approximate surface area is 228 Å². The summed E-state index contributed by atoms with van der Waals surface area (Å²) in [6.07, 6.45) is 3.32. The summed E-state index contributed by atoms with van der Waals surface area (Å²) in [6.45, 7) is 4.97. The van der Waals surface area contributed by atoms with Gasteiger partial charge >= 0.3 is 0 Å². The lowest BCUT2D eigenvalue weighted by atomic mass is 10.2. The fourth-order valence-electron chi connectivity index (χ4n) is 3.65. The minimum Gasteiger partial charge on any atom is -0.493 e. The molecule has 39 heavy (non-hydrogen) atoms. The van der Waals surface area contributed by atoms with Crippen molar-refractivity contribution in [1.29, 1.82) is 0 Å². The Morgan fingerprint density at radius 2 is 1.00 bits per heavy atom. The van der Waals surface area contributed by atoms with Crippen LogP contribution in [-0.4, -0.2) is 34.1 Å². The summed E-state index contributed by atoms with van der Waals surface area (Å²) in [7, 11) is -3.69. The molecule has 0 atom stereocenters. The molecule has 200 valence electrons. The van der Waals surface area contributed by atoms with Crippen LogP contribution in [0.5, 0.6) is 11.5 Å². The number of para-hydroxylation sites is 2. The van der Waals surface area contributed by atoms with Gasteiger partial charge in [-0.1, -0.05) is 24.3 Å². The van der Waals surface area contributed by atoms with Crippen molar-refractivity contribution in [3.05, 3.63) is 108 Å². The molecule has 4 rings (SSSR count). The Balaban J connectivity index is 1.38. The molecule has 0 saturated heterocycles. The Morgan fingerprint density at radius 1 is 0.615 bits per heavy atom. The zero-order valence-electron chi connectivity index (χ0n) is 21.7. The Kier molecular flexibility index (Phi) is 9.31. The molecular formula is C30H30N4O4S. The van der Waals surface area contributed by atoms with Gasteiger partial charge in [-0.3, -0.25) is 10.9 Å². The van der Waals surface area contributed by atoms with E-state index < -0.39 is 9.84 Å². The number of ether oxygens (including phenoxy) is 2. The molecule has 0 aromatic heterocycles. The van der Waals surface area contributed by atoms with Gasteiger partial charge in [0, 0.05) is 11.1 Å². The molecule has 0 aliphatic carbocycles. The molecule has 0 unspecified atom stereocenters. The third-order valence-electron chi connectivity index (χ3n) is 5.56. The Hall–Kier alpha value is -4.63. The molecule has 9 heteroatoms. The molecule has 0 spiro atoms. The predicted octanol–water partition coefficient (Wildman–Crippen LogP) is 6.21. The molecule has 4 aromatic rings. The molecular weight excluding hydrogens is 512 g/mol. The number of hydrogen-bond acceptors (Lipinski definition) is 8. The molecule has 0 radical (unpaired) electrons. The SMILES string of the molecule is CCOc1ccccc1/C=N/Nc1ccc(S(=O)(=O)c2ccc(N/N=C/c3ccccc3OCC)cc2)cc1. The topological polar surface area (TPSA) is 101 Å². The van der Waals surface area contributed by atoms with Crippen LogP contribution in [0.3, 0.4) is 0 Å². The van der Waals surface area contributed by atoms with Crippen LogP contribution >= 0.6 is 0 Å². The first-order chi connectivity index (χ1) is 19.0. The third kappa shape index (κ3) is 7.24. The maximum absolute atomic E-state index is 13.1. The van der Waals surface area contributed by atoms with E-state index in [-0.39, 0.29) is 9.79 Å².